The summed E-state index contributed by atoms with van der Waals surface area (Å²) in [6.07, 6.45) is 4.68. The van der Waals surface area contributed by atoms with Crippen LogP contribution in [0.5, 0.6) is 0 Å². The molecule has 5 heteroatoms. The minimum absolute atomic E-state index is 0.748. The molecule has 3 N–H and O–H groups in total. The van der Waals surface area contributed by atoms with Crippen molar-refractivity contribution in [3.63, 3.8) is 0 Å². The van der Waals surface area contributed by atoms with Gasteiger partial charge in [0.15, 0.2) is 0 Å². The number of nitrogens with zero attached hydrogens (tertiary/aromatic N) is 2. The molecule has 0 aromatic heterocycles. The number of likely N-dealkylation sites (tertiary alicyclic amines) is 1. The summed E-state index contributed by atoms with van der Waals surface area (Å²) in [6.45, 7) is 5.93. The Hall–Kier alpha value is -0.810. The van der Waals surface area contributed by atoms with Crippen LogP contribution in [0.1, 0.15) is 32.6 Å². The van der Waals surface area contributed by atoms with Crippen LogP contribution in [0.3, 0.4) is 0 Å². The summed E-state index contributed by atoms with van der Waals surface area (Å²) < 4.78 is 5.00. The molecule has 1 saturated heterocycles. The van der Waals surface area contributed by atoms with Crippen molar-refractivity contribution < 1.29 is 4.74 Å². The zero-order chi connectivity index (χ0) is 12.5. The Bertz CT molecular complexity index is 233. The Morgan fingerprint density at radius 1 is 1.47 bits per heavy atom. The van der Waals surface area contributed by atoms with Crippen LogP contribution in [0.4, 0.5) is 0 Å². The zero-order valence-electron chi connectivity index (χ0n) is 11.1. The van der Waals surface area contributed by atoms with Gasteiger partial charge in [0, 0.05) is 33.4 Å². The van der Waals surface area contributed by atoms with Gasteiger partial charge in [-0.2, -0.15) is 0 Å². The molecule has 5 nitrogen and oxygen atoms in total. The Labute approximate surface area is 104 Å². The molecule has 1 heterocycles. The van der Waals surface area contributed by atoms with E-state index in [-0.39, 0.29) is 0 Å². The van der Waals surface area contributed by atoms with E-state index in [4.69, 9.17) is 10.6 Å². The van der Waals surface area contributed by atoms with Crippen molar-refractivity contribution in [1.82, 2.24) is 10.3 Å². The molecule has 0 aromatic carbocycles. The maximum Gasteiger partial charge on any atom is 0.208 e. The van der Waals surface area contributed by atoms with E-state index in [9.17, 15) is 0 Å². The molecule has 1 aliphatic rings. The number of nitrogens with two attached hydrogens (primary N) is 1. The largest absolute Gasteiger partial charge is 0.385 e. The summed E-state index contributed by atoms with van der Waals surface area (Å²) in [5.74, 6) is 7.19. The van der Waals surface area contributed by atoms with Crippen molar-refractivity contribution in [2.75, 3.05) is 33.4 Å². The van der Waals surface area contributed by atoms with Gasteiger partial charge in [0.05, 0.1) is 0 Å². The van der Waals surface area contributed by atoms with E-state index >= 15 is 0 Å². The first-order chi connectivity index (χ1) is 8.27. The van der Waals surface area contributed by atoms with Gasteiger partial charge in [0.2, 0.25) is 5.96 Å². The molecular weight excluding hydrogens is 216 g/mol. The Balaban J connectivity index is 2.42. The first-order valence-corrected chi connectivity index (χ1v) is 6.53. The summed E-state index contributed by atoms with van der Waals surface area (Å²) in [7, 11) is 1.71. The molecule has 0 radical (unpaired) electrons. The third-order valence-corrected chi connectivity index (χ3v) is 3.21. The van der Waals surface area contributed by atoms with E-state index in [1.165, 1.54) is 19.3 Å². The van der Waals surface area contributed by atoms with Crippen molar-refractivity contribution in [1.29, 1.82) is 0 Å². The highest BCUT2D eigenvalue weighted by atomic mass is 16.5. The van der Waals surface area contributed by atoms with Crippen LogP contribution in [0.15, 0.2) is 4.99 Å². The lowest BCUT2D eigenvalue weighted by Crippen LogP contribution is -2.45. The Kier molecular flexibility index (Phi) is 6.96. The molecule has 0 aliphatic carbocycles. The minimum Gasteiger partial charge on any atom is -0.385 e. The standard InChI is InChI=1S/C12H26N4O/c1-11-5-3-8-16(9-6-11)12(15-13)14-7-4-10-17-2/h11H,3-10,13H2,1-2H3,(H,14,15). The number of hydrogen-bond donors (Lipinski definition) is 2. The van der Waals surface area contributed by atoms with Crippen LogP contribution in [0.2, 0.25) is 0 Å². The smallest absolute Gasteiger partial charge is 0.208 e. The molecule has 0 bridgehead atoms. The van der Waals surface area contributed by atoms with Gasteiger partial charge in [-0.1, -0.05) is 6.92 Å². The first-order valence-electron chi connectivity index (χ1n) is 6.53. The number of aliphatic imine (C=N–C) groups is 1. The molecule has 1 rings (SSSR count). The van der Waals surface area contributed by atoms with Crippen LogP contribution in [0, 0.1) is 5.92 Å². The molecule has 0 aromatic rings. The average molecular weight is 242 g/mol. The van der Waals surface area contributed by atoms with Crippen LogP contribution >= 0.6 is 0 Å². The predicted octanol–water partition coefficient (Wildman–Crippen LogP) is 0.964. The van der Waals surface area contributed by atoms with Crippen LogP contribution in [0.25, 0.3) is 0 Å². The number of hydrazine groups is 1. The lowest BCUT2D eigenvalue weighted by Gasteiger charge is -2.23. The fraction of sp³-hybridized carbons (Fsp3) is 0.917. The molecule has 1 unspecified atom stereocenters. The molecule has 0 saturated carbocycles. The number of nitrogens with one attached hydrogen (secondary N) is 1. The molecule has 17 heavy (non-hydrogen) atoms. The molecule has 1 atom stereocenters. The van der Waals surface area contributed by atoms with Crippen molar-refractivity contribution in [3.8, 4) is 0 Å². The van der Waals surface area contributed by atoms with Gasteiger partial charge in [-0.3, -0.25) is 10.4 Å². The number of hydrogen-bond acceptors (Lipinski definition) is 3. The van der Waals surface area contributed by atoms with Crippen LogP contribution < -0.4 is 11.3 Å². The van der Waals surface area contributed by atoms with E-state index in [2.05, 4.69) is 22.2 Å². The van der Waals surface area contributed by atoms with Crippen molar-refractivity contribution in [3.05, 3.63) is 0 Å². The van der Waals surface area contributed by atoms with Crippen molar-refractivity contribution in [2.24, 2.45) is 16.8 Å². The second kappa shape index (κ2) is 8.31. The molecule has 0 spiro atoms. The maximum absolute atomic E-state index is 5.55. The molecule has 1 aliphatic heterocycles. The Morgan fingerprint density at radius 2 is 2.29 bits per heavy atom. The third-order valence-electron chi connectivity index (χ3n) is 3.21. The minimum atomic E-state index is 0.748. The summed E-state index contributed by atoms with van der Waals surface area (Å²) in [5.41, 5.74) is 2.73. The predicted molar refractivity (Wildman–Crippen MR) is 70.7 cm³/mol. The highest BCUT2D eigenvalue weighted by Gasteiger charge is 2.16. The quantitative estimate of drug-likeness (QED) is 0.253. The summed E-state index contributed by atoms with van der Waals surface area (Å²) >= 11 is 0. The lowest BCUT2D eigenvalue weighted by atomic mass is 10.0. The molecular formula is C12H26N4O. The topological polar surface area (TPSA) is 62.9 Å². The van der Waals surface area contributed by atoms with E-state index in [1.807, 2.05) is 0 Å². The fourth-order valence-corrected chi connectivity index (χ4v) is 2.11. The number of ether oxygens (including phenoxy) is 1. The highest BCUT2D eigenvalue weighted by molar-refractivity contribution is 5.79. The second-order valence-electron chi connectivity index (χ2n) is 4.72. The van der Waals surface area contributed by atoms with Gasteiger partial charge in [-0.15, -0.1) is 0 Å². The molecule has 100 valence electrons. The lowest BCUT2D eigenvalue weighted by molar-refractivity contribution is 0.197. The normalized spacial score (nSPS) is 22.4. The zero-order valence-corrected chi connectivity index (χ0v) is 11.1. The number of rotatable bonds is 4. The maximum atomic E-state index is 5.55. The van der Waals surface area contributed by atoms with Gasteiger partial charge in [-0.25, -0.2) is 5.84 Å². The van der Waals surface area contributed by atoms with Crippen molar-refractivity contribution in [2.45, 2.75) is 32.6 Å². The van der Waals surface area contributed by atoms with Gasteiger partial charge in [-0.05, 0) is 31.6 Å². The van der Waals surface area contributed by atoms with E-state index in [1.54, 1.807) is 7.11 Å². The molecule has 1 fully saturated rings. The van der Waals surface area contributed by atoms with E-state index < -0.39 is 0 Å². The summed E-state index contributed by atoms with van der Waals surface area (Å²) in [4.78, 5) is 6.76. The van der Waals surface area contributed by atoms with Gasteiger partial charge >= 0.3 is 0 Å². The molecule has 0 amide bonds. The average Bonchev–Trinajstić information content (AvgIpc) is 2.55. The van der Waals surface area contributed by atoms with E-state index in [0.29, 0.717) is 0 Å². The summed E-state index contributed by atoms with van der Waals surface area (Å²) in [6, 6.07) is 0. The number of methoxy groups -OCH3 is 1. The van der Waals surface area contributed by atoms with Crippen molar-refractivity contribution >= 4 is 5.96 Å². The van der Waals surface area contributed by atoms with E-state index in [0.717, 1.165) is 44.5 Å². The SMILES string of the molecule is COCCCN=C(NN)N1CCCC(C)CC1. The second-order valence-corrected chi connectivity index (χ2v) is 4.72. The van der Waals surface area contributed by atoms with Gasteiger partial charge < -0.3 is 9.64 Å². The fourth-order valence-electron chi connectivity index (χ4n) is 2.11. The third kappa shape index (κ3) is 5.37. The first kappa shape index (κ1) is 14.3. The summed E-state index contributed by atoms with van der Waals surface area (Å²) in [5, 5.41) is 0. The Morgan fingerprint density at radius 3 is 3.00 bits per heavy atom. The van der Waals surface area contributed by atoms with Gasteiger partial charge in [0.25, 0.3) is 0 Å². The number of guanidine groups is 1. The monoisotopic (exact) mass is 242 g/mol. The highest BCUT2D eigenvalue weighted by Crippen LogP contribution is 2.16. The van der Waals surface area contributed by atoms with Crippen LogP contribution in [-0.2, 0) is 4.74 Å². The van der Waals surface area contributed by atoms with Crippen LogP contribution in [-0.4, -0.2) is 44.2 Å². The van der Waals surface area contributed by atoms with Gasteiger partial charge in [0.1, 0.15) is 0 Å².